The molecule has 1 rings (SSSR count). The van der Waals surface area contributed by atoms with E-state index in [1.165, 1.54) is 30.3 Å². The summed E-state index contributed by atoms with van der Waals surface area (Å²) in [5, 5.41) is 8.89. The Morgan fingerprint density at radius 3 is 1.96 bits per heavy atom. The predicted molar refractivity (Wildman–Crippen MR) is 67.4 cm³/mol. The number of nitrogens with zero attached hydrogens (tertiary/aromatic N) is 1. The molecule has 2 nitrogen and oxygen atoms in total. The first-order chi connectivity index (χ1) is 10.5. The maximum absolute atomic E-state index is 13.7. The van der Waals surface area contributed by atoms with Crippen LogP contribution in [0.2, 0.25) is 0 Å². The van der Waals surface area contributed by atoms with Crippen molar-refractivity contribution in [2.45, 2.75) is 18.0 Å². The number of alkyl halides is 7. The number of methoxy groups -OCH3 is 1. The van der Waals surface area contributed by atoms with Crippen LogP contribution in [0.5, 0.6) is 0 Å². The Bertz CT molecular complexity index is 619. The molecule has 0 heterocycles. The van der Waals surface area contributed by atoms with Gasteiger partial charge in [0, 0.05) is 0 Å². The summed E-state index contributed by atoms with van der Waals surface area (Å²) in [4.78, 5) is 0. The Morgan fingerprint density at radius 2 is 1.57 bits per heavy atom. The minimum absolute atomic E-state index is 0.331. The molecule has 0 fully saturated rings. The number of halogens is 7. The third kappa shape index (κ3) is 3.79. The van der Waals surface area contributed by atoms with Crippen LogP contribution in [-0.4, -0.2) is 40.1 Å². The van der Waals surface area contributed by atoms with E-state index in [2.05, 4.69) is 4.74 Å². The summed E-state index contributed by atoms with van der Waals surface area (Å²) in [5.41, 5.74) is 0. The van der Waals surface area contributed by atoms with Crippen LogP contribution in [0.25, 0.3) is 0 Å². The summed E-state index contributed by atoms with van der Waals surface area (Å²) in [6.07, 6.45) is -6.50. The van der Waals surface area contributed by atoms with Crippen LogP contribution in [0.3, 0.4) is 0 Å². The van der Waals surface area contributed by atoms with Crippen LogP contribution in [0, 0.1) is 11.3 Å². The van der Waals surface area contributed by atoms with Gasteiger partial charge in [-0.2, -0.15) is 0 Å². The second-order valence-electron chi connectivity index (χ2n) is 4.04. The zero-order valence-electron chi connectivity index (χ0n) is 11.3. The molecule has 0 bridgehead atoms. The van der Waals surface area contributed by atoms with Crippen LogP contribution < -0.4 is 4.46 Å². The Morgan fingerprint density at radius 1 is 1.04 bits per heavy atom. The standard InChI is InChI=1S/C13H8F7NOSe/c1-22-10(11(14,15)12(16,17)13(18,19)20)9(7-21)23-8-5-3-2-4-6-8/h2-6H,1H3/b10-9+. The number of ether oxygens (including phenoxy) is 1. The van der Waals surface area contributed by atoms with E-state index in [1.54, 1.807) is 6.07 Å². The van der Waals surface area contributed by atoms with Gasteiger partial charge >= 0.3 is 132 Å². The van der Waals surface area contributed by atoms with Crippen molar-refractivity contribution >= 4 is 19.4 Å². The van der Waals surface area contributed by atoms with Crippen molar-refractivity contribution in [1.29, 1.82) is 5.26 Å². The summed E-state index contributed by atoms with van der Waals surface area (Å²) in [6, 6.07) is 8.66. The summed E-state index contributed by atoms with van der Waals surface area (Å²) in [6.45, 7) is 0. The minimum atomic E-state index is -6.50. The molecular weight excluding hydrogens is 398 g/mol. The van der Waals surface area contributed by atoms with Gasteiger partial charge in [-0.25, -0.2) is 0 Å². The number of hydrogen-bond acceptors (Lipinski definition) is 2. The number of allylic oxidation sites excluding steroid dienone is 2. The van der Waals surface area contributed by atoms with Crippen molar-refractivity contribution in [1.82, 2.24) is 0 Å². The van der Waals surface area contributed by atoms with Gasteiger partial charge in [0.2, 0.25) is 0 Å². The molecule has 1 aromatic rings. The third-order valence-electron chi connectivity index (χ3n) is 2.51. The van der Waals surface area contributed by atoms with Gasteiger partial charge in [0.25, 0.3) is 0 Å². The quantitative estimate of drug-likeness (QED) is 0.326. The van der Waals surface area contributed by atoms with Crippen molar-refractivity contribution in [3.63, 3.8) is 0 Å². The molecule has 0 N–H and O–H groups in total. The fourth-order valence-electron chi connectivity index (χ4n) is 1.41. The monoisotopic (exact) mass is 407 g/mol. The van der Waals surface area contributed by atoms with E-state index >= 15 is 0 Å². The summed E-state index contributed by atoms with van der Waals surface area (Å²) in [5.74, 6) is -14.1. The molecule has 0 radical (unpaired) electrons. The van der Waals surface area contributed by atoms with Gasteiger partial charge in [0.1, 0.15) is 0 Å². The fourth-order valence-corrected chi connectivity index (χ4v) is 3.25. The molecule has 0 aliphatic rings. The molecule has 10 heteroatoms. The van der Waals surface area contributed by atoms with Gasteiger partial charge in [0.15, 0.2) is 0 Å². The first-order valence-electron chi connectivity index (χ1n) is 5.73. The molecule has 0 atom stereocenters. The maximum atomic E-state index is 13.7. The van der Waals surface area contributed by atoms with Crippen LogP contribution in [0.1, 0.15) is 0 Å². The van der Waals surface area contributed by atoms with Crippen LogP contribution in [-0.2, 0) is 4.74 Å². The van der Waals surface area contributed by atoms with Gasteiger partial charge < -0.3 is 0 Å². The first kappa shape index (κ1) is 19.3. The SMILES string of the molecule is CO/C(=C(\C#N)[Se]c1ccccc1)C(F)(F)C(F)(F)C(F)(F)F. The van der Waals surface area contributed by atoms with Crippen LogP contribution >= 0.6 is 0 Å². The van der Waals surface area contributed by atoms with Crippen molar-refractivity contribution in [2.75, 3.05) is 7.11 Å². The number of nitriles is 1. The molecule has 23 heavy (non-hydrogen) atoms. The van der Waals surface area contributed by atoms with E-state index in [4.69, 9.17) is 5.26 Å². The average Bonchev–Trinajstić information content (AvgIpc) is 2.46. The van der Waals surface area contributed by atoms with Gasteiger partial charge in [-0.3, -0.25) is 0 Å². The molecule has 0 saturated carbocycles. The van der Waals surface area contributed by atoms with Crippen molar-refractivity contribution in [2.24, 2.45) is 0 Å². The Hall–Kier alpha value is -1.72. The Kier molecular flexibility index (Phi) is 5.72. The van der Waals surface area contributed by atoms with Crippen LogP contribution in [0.15, 0.2) is 40.6 Å². The van der Waals surface area contributed by atoms with E-state index in [0.29, 0.717) is 11.6 Å². The van der Waals surface area contributed by atoms with E-state index in [-0.39, 0.29) is 0 Å². The molecule has 0 unspecified atom stereocenters. The average molecular weight is 406 g/mol. The second-order valence-corrected chi connectivity index (χ2v) is 6.31. The third-order valence-corrected chi connectivity index (χ3v) is 4.58. The van der Waals surface area contributed by atoms with Gasteiger partial charge in [-0.05, 0) is 0 Å². The van der Waals surface area contributed by atoms with E-state index in [1.807, 2.05) is 0 Å². The van der Waals surface area contributed by atoms with Crippen molar-refractivity contribution in [3.05, 3.63) is 40.6 Å². The number of benzene rings is 1. The zero-order valence-corrected chi connectivity index (χ0v) is 13.0. The summed E-state index contributed by atoms with van der Waals surface area (Å²) >= 11 is -1.23. The molecule has 0 spiro atoms. The van der Waals surface area contributed by atoms with Gasteiger partial charge in [0.05, 0.1) is 0 Å². The molecule has 0 amide bonds. The van der Waals surface area contributed by atoms with Crippen molar-refractivity contribution < 1.29 is 35.5 Å². The fraction of sp³-hybridized carbons (Fsp3) is 0.308. The second kappa shape index (κ2) is 6.81. The number of rotatable bonds is 5. The molecule has 0 aliphatic carbocycles. The molecule has 0 aliphatic heterocycles. The molecule has 0 aromatic heterocycles. The molecule has 0 saturated heterocycles. The van der Waals surface area contributed by atoms with E-state index < -0.39 is 43.2 Å². The number of hydrogen-bond donors (Lipinski definition) is 0. The topological polar surface area (TPSA) is 33.0 Å². The van der Waals surface area contributed by atoms with Crippen molar-refractivity contribution in [3.8, 4) is 6.07 Å². The molecule has 126 valence electrons. The van der Waals surface area contributed by atoms with E-state index in [0.717, 1.165) is 0 Å². The molecular formula is C13H8F7NOSe. The van der Waals surface area contributed by atoms with E-state index in [9.17, 15) is 30.7 Å². The zero-order chi connectivity index (χ0) is 17.9. The first-order valence-corrected chi connectivity index (χ1v) is 7.44. The predicted octanol–water partition coefficient (Wildman–Crippen LogP) is 3.23. The summed E-state index contributed by atoms with van der Waals surface area (Å²) in [7, 11) is 0.508. The van der Waals surface area contributed by atoms with Crippen LogP contribution in [0.4, 0.5) is 30.7 Å². The van der Waals surface area contributed by atoms with Gasteiger partial charge in [-0.1, -0.05) is 0 Å². The molecule has 1 aromatic carbocycles. The Balaban J connectivity index is 3.39. The summed E-state index contributed by atoms with van der Waals surface area (Å²) < 4.78 is 93.7. The van der Waals surface area contributed by atoms with Gasteiger partial charge in [-0.15, -0.1) is 0 Å². The Labute approximate surface area is 132 Å². The normalized spacial score (nSPS) is 14.0.